The van der Waals surface area contributed by atoms with Gasteiger partial charge < -0.3 is 10.6 Å². The number of nitrogens with two attached hydrogens (primary N) is 1. The molecule has 0 radical (unpaired) electrons. The van der Waals surface area contributed by atoms with Crippen molar-refractivity contribution in [1.29, 1.82) is 0 Å². The minimum absolute atomic E-state index is 0.171. The van der Waals surface area contributed by atoms with Gasteiger partial charge in [-0.3, -0.25) is 4.79 Å². The lowest BCUT2D eigenvalue weighted by atomic mass is 9.76. The lowest BCUT2D eigenvalue weighted by molar-refractivity contribution is -0.118. The van der Waals surface area contributed by atoms with E-state index in [2.05, 4.69) is 20.8 Å². The molecular weight excluding hydrogens is 260 g/mol. The van der Waals surface area contributed by atoms with E-state index >= 15 is 0 Å². The van der Waals surface area contributed by atoms with E-state index in [1.165, 1.54) is 5.56 Å². The first-order valence-electron chi connectivity index (χ1n) is 7.79. The van der Waals surface area contributed by atoms with Crippen molar-refractivity contribution in [3.8, 4) is 0 Å². The van der Waals surface area contributed by atoms with Gasteiger partial charge in [0, 0.05) is 19.2 Å². The van der Waals surface area contributed by atoms with Gasteiger partial charge in [0.2, 0.25) is 5.91 Å². The second-order valence-electron chi connectivity index (χ2n) is 6.97. The minimum Gasteiger partial charge on any atom is -0.330 e. The smallest absolute Gasteiger partial charge is 0.226 e. The maximum Gasteiger partial charge on any atom is 0.226 e. The summed E-state index contributed by atoms with van der Waals surface area (Å²) in [6.07, 6.45) is 2.45. The van der Waals surface area contributed by atoms with Crippen molar-refractivity contribution in [3.05, 3.63) is 29.8 Å². The second kappa shape index (κ2) is 7.60. The molecular formula is C18H30N2O. The monoisotopic (exact) mass is 290 g/mol. The third kappa shape index (κ3) is 5.50. The van der Waals surface area contributed by atoms with Crippen LogP contribution in [0.3, 0.4) is 0 Å². The van der Waals surface area contributed by atoms with Crippen LogP contribution in [0.2, 0.25) is 0 Å². The predicted octanol–water partition coefficient (Wildman–Crippen LogP) is 3.75. The summed E-state index contributed by atoms with van der Waals surface area (Å²) in [5, 5.41) is 0. The van der Waals surface area contributed by atoms with Crippen molar-refractivity contribution >= 4 is 11.6 Å². The maximum atomic E-state index is 12.4. The Hall–Kier alpha value is -1.35. The van der Waals surface area contributed by atoms with Crippen molar-refractivity contribution < 1.29 is 4.79 Å². The number of rotatable bonds is 6. The normalized spacial score (nSPS) is 13.0. The van der Waals surface area contributed by atoms with Crippen LogP contribution in [-0.4, -0.2) is 19.5 Å². The number of hydrogen-bond donors (Lipinski definition) is 1. The second-order valence-corrected chi connectivity index (χ2v) is 6.97. The Balaban J connectivity index is 2.61. The fraction of sp³-hybridized carbons (Fsp3) is 0.611. The Morgan fingerprint density at radius 1 is 1.19 bits per heavy atom. The number of benzene rings is 1. The third-order valence-electron chi connectivity index (χ3n) is 4.24. The topological polar surface area (TPSA) is 46.3 Å². The summed E-state index contributed by atoms with van der Waals surface area (Å²) in [4.78, 5) is 14.1. The highest BCUT2D eigenvalue weighted by Crippen LogP contribution is 2.32. The van der Waals surface area contributed by atoms with Gasteiger partial charge in [0.05, 0.1) is 0 Å². The molecule has 118 valence electrons. The average molecular weight is 290 g/mol. The van der Waals surface area contributed by atoms with E-state index < -0.39 is 0 Å². The Kier molecular flexibility index (Phi) is 6.41. The van der Waals surface area contributed by atoms with Gasteiger partial charge in [-0.25, -0.2) is 0 Å². The summed E-state index contributed by atoms with van der Waals surface area (Å²) in [5.74, 6) is 0.656. The van der Waals surface area contributed by atoms with Gasteiger partial charge >= 0.3 is 0 Å². The first-order valence-corrected chi connectivity index (χ1v) is 7.79. The van der Waals surface area contributed by atoms with E-state index in [9.17, 15) is 4.79 Å². The van der Waals surface area contributed by atoms with Crippen molar-refractivity contribution in [2.45, 2.75) is 47.0 Å². The van der Waals surface area contributed by atoms with Crippen LogP contribution in [-0.2, 0) is 4.79 Å². The van der Waals surface area contributed by atoms with Crippen LogP contribution < -0.4 is 10.6 Å². The van der Waals surface area contributed by atoms with E-state index in [0.29, 0.717) is 18.9 Å². The molecule has 0 aliphatic heterocycles. The van der Waals surface area contributed by atoms with Crippen LogP contribution >= 0.6 is 0 Å². The SMILES string of the molecule is Cc1ccc(N(C)C(=O)CCC(CCN)C(C)(C)C)cc1. The number of nitrogens with zero attached hydrogens (tertiary/aromatic N) is 1. The van der Waals surface area contributed by atoms with Crippen LogP contribution in [0.25, 0.3) is 0 Å². The van der Waals surface area contributed by atoms with Crippen LogP contribution in [0.15, 0.2) is 24.3 Å². The molecule has 0 saturated heterocycles. The third-order valence-corrected chi connectivity index (χ3v) is 4.24. The van der Waals surface area contributed by atoms with E-state index in [1.807, 2.05) is 38.2 Å². The molecule has 1 aromatic rings. The predicted molar refractivity (Wildman–Crippen MR) is 90.4 cm³/mol. The van der Waals surface area contributed by atoms with E-state index in [-0.39, 0.29) is 11.3 Å². The summed E-state index contributed by atoms with van der Waals surface area (Å²) in [6, 6.07) is 8.06. The average Bonchev–Trinajstić information content (AvgIpc) is 2.42. The molecule has 3 nitrogen and oxygen atoms in total. The number of aryl methyl sites for hydroxylation is 1. The highest BCUT2D eigenvalue weighted by Gasteiger charge is 2.25. The summed E-state index contributed by atoms with van der Waals surface area (Å²) in [5.41, 5.74) is 8.06. The van der Waals surface area contributed by atoms with Gasteiger partial charge in [-0.05, 0) is 49.8 Å². The highest BCUT2D eigenvalue weighted by molar-refractivity contribution is 5.92. The first-order chi connectivity index (χ1) is 9.75. The molecule has 0 bridgehead atoms. The fourth-order valence-corrected chi connectivity index (χ4v) is 2.59. The zero-order valence-electron chi connectivity index (χ0n) is 14.1. The molecule has 1 amide bonds. The molecule has 21 heavy (non-hydrogen) atoms. The molecule has 1 aromatic carbocycles. The molecule has 1 rings (SSSR count). The number of carbonyl (C=O) groups excluding carboxylic acids is 1. The Morgan fingerprint density at radius 3 is 2.24 bits per heavy atom. The molecule has 0 saturated carbocycles. The Morgan fingerprint density at radius 2 is 1.76 bits per heavy atom. The van der Waals surface area contributed by atoms with E-state index in [1.54, 1.807) is 4.90 Å². The zero-order valence-corrected chi connectivity index (χ0v) is 14.1. The van der Waals surface area contributed by atoms with Crippen molar-refractivity contribution in [2.75, 3.05) is 18.5 Å². The van der Waals surface area contributed by atoms with Gasteiger partial charge in [0.1, 0.15) is 0 Å². The quantitative estimate of drug-likeness (QED) is 0.867. The molecule has 3 heteroatoms. The van der Waals surface area contributed by atoms with Crippen molar-refractivity contribution in [2.24, 2.45) is 17.1 Å². The molecule has 1 unspecified atom stereocenters. The molecule has 0 heterocycles. The van der Waals surface area contributed by atoms with E-state index in [4.69, 9.17) is 5.73 Å². The lowest BCUT2D eigenvalue weighted by Crippen LogP contribution is -2.29. The summed E-state index contributed by atoms with van der Waals surface area (Å²) in [6.45, 7) is 9.40. The molecule has 0 spiro atoms. The summed E-state index contributed by atoms with van der Waals surface area (Å²) >= 11 is 0. The Bertz CT molecular complexity index is 445. The van der Waals surface area contributed by atoms with Gasteiger partial charge in [-0.1, -0.05) is 38.5 Å². The molecule has 1 atom stereocenters. The first kappa shape index (κ1) is 17.7. The zero-order chi connectivity index (χ0) is 16.0. The van der Waals surface area contributed by atoms with E-state index in [0.717, 1.165) is 18.5 Å². The Labute approximate surface area is 129 Å². The van der Waals surface area contributed by atoms with Crippen LogP contribution in [0.5, 0.6) is 0 Å². The lowest BCUT2D eigenvalue weighted by Gasteiger charge is -2.31. The number of amides is 1. The maximum absolute atomic E-state index is 12.4. The minimum atomic E-state index is 0.171. The number of carbonyl (C=O) groups is 1. The molecule has 0 aliphatic carbocycles. The highest BCUT2D eigenvalue weighted by atomic mass is 16.2. The van der Waals surface area contributed by atoms with Crippen LogP contribution in [0, 0.1) is 18.3 Å². The molecule has 0 aromatic heterocycles. The van der Waals surface area contributed by atoms with Gasteiger partial charge in [0.25, 0.3) is 0 Å². The van der Waals surface area contributed by atoms with Crippen LogP contribution in [0.1, 0.15) is 45.6 Å². The standard InChI is InChI=1S/C18H30N2O/c1-14-6-9-16(10-7-14)20(5)17(21)11-8-15(12-13-19)18(2,3)4/h6-7,9-10,15H,8,11-13,19H2,1-5H3. The molecule has 0 fully saturated rings. The van der Waals surface area contributed by atoms with Gasteiger partial charge in [0.15, 0.2) is 0 Å². The fourth-order valence-electron chi connectivity index (χ4n) is 2.59. The number of anilines is 1. The summed E-state index contributed by atoms with van der Waals surface area (Å²) < 4.78 is 0. The summed E-state index contributed by atoms with van der Waals surface area (Å²) in [7, 11) is 1.85. The van der Waals surface area contributed by atoms with Crippen molar-refractivity contribution in [1.82, 2.24) is 0 Å². The van der Waals surface area contributed by atoms with Crippen LogP contribution in [0.4, 0.5) is 5.69 Å². The largest absolute Gasteiger partial charge is 0.330 e. The number of hydrogen-bond acceptors (Lipinski definition) is 2. The van der Waals surface area contributed by atoms with Gasteiger partial charge in [-0.15, -0.1) is 0 Å². The van der Waals surface area contributed by atoms with Crippen molar-refractivity contribution in [3.63, 3.8) is 0 Å². The van der Waals surface area contributed by atoms with Gasteiger partial charge in [-0.2, -0.15) is 0 Å². The molecule has 0 aliphatic rings. The molecule has 2 N–H and O–H groups in total.